The molecular formula is C20H23N3O2. The number of carbonyl (C=O) groups excluding carboxylic acids is 1. The molecule has 1 fully saturated rings. The fraction of sp³-hybridized carbons (Fsp3) is 0.350. The lowest BCUT2D eigenvalue weighted by Gasteiger charge is -2.26. The van der Waals surface area contributed by atoms with Gasteiger partial charge in [-0.05, 0) is 63.2 Å². The Morgan fingerprint density at radius 3 is 2.80 bits per heavy atom. The van der Waals surface area contributed by atoms with Crippen LogP contribution in [0.2, 0.25) is 0 Å². The van der Waals surface area contributed by atoms with E-state index in [9.17, 15) is 4.79 Å². The Balaban J connectivity index is 1.62. The molecule has 0 bridgehead atoms. The Morgan fingerprint density at radius 1 is 1.32 bits per heavy atom. The number of benzene rings is 1. The summed E-state index contributed by atoms with van der Waals surface area (Å²) in [5.41, 5.74) is 1.42. The molecule has 2 aromatic rings. The highest BCUT2D eigenvalue weighted by Gasteiger charge is 2.26. The Kier molecular flexibility index (Phi) is 5.42. The zero-order valence-corrected chi connectivity index (χ0v) is 14.4. The van der Waals surface area contributed by atoms with E-state index in [1.807, 2.05) is 37.3 Å². The van der Waals surface area contributed by atoms with Gasteiger partial charge in [0.05, 0.1) is 6.04 Å². The van der Waals surface area contributed by atoms with E-state index in [1.165, 1.54) is 12.8 Å². The van der Waals surface area contributed by atoms with Crippen LogP contribution in [0.4, 0.5) is 10.5 Å². The van der Waals surface area contributed by atoms with Crippen LogP contribution in [0.5, 0.6) is 0 Å². The number of carbonyl (C=O) groups is 1. The first kappa shape index (κ1) is 17.1. The van der Waals surface area contributed by atoms with Crippen molar-refractivity contribution in [1.82, 2.24) is 10.2 Å². The minimum Gasteiger partial charge on any atom is -0.465 e. The van der Waals surface area contributed by atoms with Gasteiger partial charge in [-0.3, -0.25) is 4.90 Å². The van der Waals surface area contributed by atoms with Crippen molar-refractivity contribution in [2.75, 3.05) is 25.0 Å². The molecule has 0 radical (unpaired) electrons. The van der Waals surface area contributed by atoms with Crippen molar-refractivity contribution < 1.29 is 9.21 Å². The van der Waals surface area contributed by atoms with E-state index in [0.717, 1.165) is 30.2 Å². The van der Waals surface area contributed by atoms with Gasteiger partial charge in [0.2, 0.25) is 0 Å². The normalized spacial score (nSPS) is 15.5. The number of urea groups is 1. The molecule has 3 rings (SSSR count). The maximum atomic E-state index is 12.2. The average molecular weight is 337 g/mol. The predicted octanol–water partition coefficient (Wildman–Crippen LogP) is 3.53. The number of hydrogen-bond donors (Lipinski definition) is 2. The van der Waals surface area contributed by atoms with E-state index in [-0.39, 0.29) is 12.1 Å². The summed E-state index contributed by atoms with van der Waals surface area (Å²) in [6.45, 7) is 4.48. The van der Waals surface area contributed by atoms with Crippen molar-refractivity contribution in [3.63, 3.8) is 0 Å². The van der Waals surface area contributed by atoms with Crippen molar-refractivity contribution >= 4 is 11.7 Å². The van der Waals surface area contributed by atoms with Gasteiger partial charge in [-0.1, -0.05) is 12.0 Å². The Bertz CT molecular complexity index is 769. The predicted molar refractivity (Wildman–Crippen MR) is 98.4 cm³/mol. The van der Waals surface area contributed by atoms with E-state index in [0.29, 0.717) is 12.2 Å². The van der Waals surface area contributed by atoms with Crippen LogP contribution in [0.15, 0.2) is 40.8 Å². The summed E-state index contributed by atoms with van der Waals surface area (Å²) in [7, 11) is 0. The standard InChI is InChI=1S/C20H23N3O2/c1-3-16-7-6-8-17(13-16)22-20(24)21-14-18(23-11-4-5-12-23)19-10-9-15(2)25-19/h1,6-10,13,18H,4-5,11-12,14H2,2H3,(H2,21,22,24)/t18-/m1/s1. The summed E-state index contributed by atoms with van der Waals surface area (Å²) in [5.74, 6) is 4.34. The van der Waals surface area contributed by atoms with Gasteiger partial charge >= 0.3 is 6.03 Å². The molecule has 5 heteroatoms. The largest absolute Gasteiger partial charge is 0.465 e. The molecule has 0 spiro atoms. The molecule has 1 aliphatic rings. The quantitative estimate of drug-likeness (QED) is 0.821. The van der Waals surface area contributed by atoms with Crippen LogP contribution in [-0.2, 0) is 0 Å². The molecule has 5 nitrogen and oxygen atoms in total. The maximum Gasteiger partial charge on any atom is 0.319 e. The lowest BCUT2D eigenvalue weighted by atomic mass is 10.2. The van der Waals surface area contributed by atoms with E-state index < -0.39 is 0 Å². The van der Waals surface area contributed by atoms with Gasteiger partial charge in [-0.2, -0.15) is 0 Å². The fourth-order valence-electron chi connectivity index (χ4n) is 3.15. The van der Waals surface area contributed by atoms with E-state index >= 15 is 0 Å². The minimum absolute atomic E-state index is 0.0546. The second-order valence-corrected chi connectivity index (χ2v) is 6.27. The molecule has 25 heavy (non-hydrogen) atoms. The highest BCUT2D eigenvalue weighted by atomic mass is 16.3. The van der Waals surface area contributed by atoms with Gasteiger partial charge in [-0.25, -0.2) is 4.79 Å². The molecule has 1 aromatic heterocycles. The lowest BCUT2D eigenvalue weighted by molar-refractivity contribution is 0.205. The number of nitrogens with one attached hydrogen (secondary N) is 2. The molecule has 1 atom stereocenters. The molecular weight excluding hydrogens is 314 g/mol. The number of anilines is 1. The van der Waals surface area contributed by atoms with Gasteiger partial charge in [-0.15, -0.1) is 6.42 Å². The summed E-state index contributed by atoms with van der Waals surface area (Å²) >= 11 is 0. The topological polar surface area (TPSA) is 57.5 Å². The Labute approximate surface area is 148 Å². The van der Waals surface area contributed by atoms with Crippen molar-refractivity contribution in [3.8, 4) is 12.3 Å². The zero-order chi connectivity index (χ0) is 17.6. The van der Waals surface area contributed by atoms with Crippen LogP contribution in [0.1, 0.15) is 36.0 Å². The highest BCUT2D eigenvalue weighted by molar-refractivity contribution is 5.89. The van der Waals surface area contributed by atoms with Crippen LogP contribution in [-0.4, -0.2) is 30.6 Å². The van der Waals surface area contributed by atoms with Crippen LogP contribution in [0, 0.1) is 19.3 Å². The zero-order valence-electron chi connectivity index (χ0n) is 14.4. The van der Waals surface area contributed by atoms with Crippen LogP contribution < -0.4 is 10.6 Å². The van der Waals surface area contributed by atoms with Crippen LogP contribution in [0.3, 0.4) is 0 Å². The molecule has 0 saturated carbocycles. The first-order valence-corrected chi connectivity index (χ1v) is 8.57. The molecule has 130 valence electrons. The van der Waals surface area contributed by atoms with E-state index in [2.05, 4.69) is 21.5 Å². The monoisotopic (exact) mass is 337 g/mol. The van der Waals surface area contributed by atoms with Gasteiger partial charge in [0, 0.05) is 17.8 Å². The summed E-state index contributed by atoms with van der Waals surface area (Å²) in [4.78, 5) is 14.6. The number of aryl methyl sites for hydroxylation is 1. The van der Waals surface area contributed by atoms with Crippen molar-refractivity contribution in [1.29, 1.82) is 0 Å². The second-order valence-electron chi connectivity index (χ2n) is 6.27. The minimum atomic E-state index is -0.248. The van der Waals surface area contributed by atoms with Crippen molar-refractivity contribution in [2.24, 2.45) is 0 Å². The van der Waals surface area contributed by atoms with E-state index in [4.69, 9.17) is 10.8 Å². The Hall–Kier alpha value is -2.71. The maximum absolute atomic E-state index is 12.2. The summed E-state index contributed by atoms with van der Waals surface area (Å²) < 4.78 is 5.80. The molecule has 2 amide bonds. The third-order valence-corrected chi connectivity index (χ3v) is 4.41. The Morgan fingerprint density at radius 2 is 2.12 bits per heavy atom. The molecule has 0 unspecified atom stereocenters. The van der Waals surface area contributed by atoms with Gasteiger partial charge in [0.25, 0.3) is 0 Å². The molecule has 2 N–H and O–H groups in total. The van der Waals surface area contributed by atoms with Gasteiger partial charge in [0.15, 0.2) is 0 Å². The number of furan rings is 1. The first-order chi connectivity index (χ1) is 12.2. The second kappa shape index (κ2) is 7.91. The molecule has 2 heterocycles. The average Bonchev–Trinajstić information content (AvgIpc) is 3.28. The molecule has 1 aromatic carbocycles. The fourth-order valence-corrected chi connectivity index (χ4v) is 3.15. The first-order valence-electron chi connectivity index (χ1n) is 8.57. The number of likely N-dealkylation sites (tertiary alicyclic amines) is 1. The molecule has 1 saturated heterocycles. The lowest BCUT2D eigenvalue weighted by Crippen LogP contribution is -2.38. The summed E-state index contributed by atoms with van der Waals surface area (Å²) in [6, 6.07) is 11.0. The number of terminal acetylenes is 1. The summed E-state index contributed by atoms with van der Waals surface area (Å²) in [5, 5.41) is 5.77. The van der Waals surface area contributed by atoms with Crippen LogP contribution >= 0.6 is 0 Å². The third-order valence-electron chi connectivity index (χ3n) is 4.41. The number of amides is 2. The SMILES string of the molecule is C#Cc1cccc(NC(=O)NC[C@H](c2ccc(C)o2)N2CCCC2)c1. The highest BCUT2D eigenvalue weighted by Crippen LogP contribution is 2.26. The van der Waals surface area contributed by atoms with Crippen LogP contribution in [0.25, 0.3) is 0 Å². The number of nitrogens with zero attached hydrogens (tertiary/aromatic N) is 1. The molecule has 0 aliphatic carbocycles. The third kappa shape index (κ3) is 4.43. The van der Waals surface area contributed by atoms with Crippen molar-refractivity contribution in [2.45, 2.75) is 25.8 Å². The molecule has 1 aliphatic heterocycles. The smallest absolute Gasteiger partial charge is 0.319 e. The van der Waals surface area contributed by atoms with Gasteiger partial charge < -0.3 is 15.1 Å². The van der Waals surface area contributed by atoms with E-state index in [1.54, 1.807) is 6.07 Å². The number of rotatable bonds is 5. The summed E-state index contributed by atoms with van der Waals surface area (Å²) in [6.07, 6.45) is 7.75. The van der Waals surface area contributed by atoms with Gasteiger partial charge in [0.1, 0.15) is 11.5 Å². The van der Waals surface area contributed by atoms with Crippen molar-refractivity contribution in [3.05, 3.63) is 53.5 Å². The number of hydrogen-bond acceptors (Lipinski definition) is 3.